The second-order valence-electron chi connectivity index (χ2n) is 9.85. The van der Waals surface area contributed by atoms with Gasteiger partial charge in [-0.05, 0) is 80.5 Å². The molecule has 1 fully saturated rings. The number of pyridine rings is 1. The molecule has 35 heavy (non-hydrogen) atoms. The van der Waals surface area contributed by atoms with E-state index in [9.17, 15) is 0 Å². The van der Waals surface area contributed by atoms with Gasteiger partial charge in [0.05, 0.1) is 23.3 Å². The van der Waals surface area contributed by atoms with Crippen LogP contribution in [0.1, 0.15) is 49.7 Å². The Labute approximate surface area is 211 Å². The van der Waals surface area contributed by atoms with E-state index in [0.29, 0.717) is 5.11 Å². The molecule has 0 bridgehead atoms. The smallest absolute Gasteiger partial charge is 0.231 e. The van der Waals surface area contributed by atoms with Gasteiger partial charge in [-0.15, -0.1) is 0 Å². The van der Waals surface area contributed by atoms with E-state index in [4.69, 9.17) is 21.7 Å². The van der Waals surface area contributed by atoms with E-state index in [0.717, 1.165) is 22.9 Å². The van der Waals surface area contributed by atoms with Crippen LogP contribution in [0.5, 0.6) is 11.5 Å². The average molecular weight is 485 g/mol. The van der Waals surface area contributed by atoms with Crippen molar-refractivity contribution in [3.05, 3.63) is 83.7 Å². The molecule has 6 nitrogen and oxygen atoms in total. The summed E-state index contributed by atoms with van der Waals surface area (Å²) in [5.74, 6) is 1.49. The molecule has 0 saturated carbocycles. The molecule has 1 saturated heterocycles. The fourth-order valence-electron chi connectivity index (χ4n) is 5.37. The van der Waals surface area contributed by atoms with Crippen LogP contribution < -0.4 is 24.6 Å². The summed E-state index contributed by atoms with van der Waals surface area (Å²) >= 11 is 5.89. The van der Waals surface area contributed by atoms with Crippen molar-refractivity contribution in [2.45, 2.75) is 38.4 Å². The molecule has 3 aromatic rings. The number of benzene rings is 2. The van der Waals surface area contributed by atoms with Gasteiger partial charge in [0.2, 0.25) is 6.79 Å². The number of nitrogens with zero attached hydrogens (tertiary/aromatic N) is 3. The number of hydrogen-bond acceptors (Lipinski definition) is 5. The molecule has 0 spiro atoms. The van der Waals surface area contributed by atoms with Gasteiger partial charge < -0.3 is 24.6 Å². The zero-order chi connectivity index (χ0) is 24.3. The van der Waals surface area contributed by atoms with Crippen LogP contribution in [0.2, 0.25) is 0 Å². The van der Waals surface area contributed by atoms with Crippen LogP contribution in [0.15, 0.2) is 66.9 Å². The Morgan fingerprint density at radius 3 is 2.69 bits per heavy atom. The van der Waals surface area contributed by atoms with Crippen molar-refractivity contribution < 1.29 is 9.47 Å². The van der Waals surface area contributed by atoms with Gasteiger partial charge in [0.25, 0.3) is 0 Å². The summed E-state index contributed by atoms with van der Waals surface area (Å²) in [7, 11) is 2.16. The molecule has 0 amide bonds. The molecule has 3 aliphatic rings. The highest BCUT2D eigenvalue weighted by Crippen LogP contribution is 2.46. The first-order valence-electron chi connectivity index (χ1n) is 11.8. The normalized spacial score (nSPS) is 22.1. The zero-order valence-electron chi connectivity index (χ0n) is 20.3. The third-order valence-corrected chi connectivity index (χ3v) is 7.63. The fourth-order valence-corrected chi connectivity index (χ4v) is 5.71. The molecule has 1 N–H and O–H groups in total. The number of thiocarbonyl (C=S) groups is 1. The minimum absolute atomic E-state index is 0.0376. The van der Waals surface area contributed by atoms with E-state index in [-0.39, 0.29) is 24.4 Å². The van der Waals surface area contributed by atoms with Crippen LogP contribution in [0, 0.1) is 0 Å². The minimum atomic E-state index is -0.103. The molecule has 4 heterocycles. The molecule has 2 aromatic carbocycles. The molecule has 1 aromatic heterocycles. The van der Waals surface area contributed by atoms with Crippen LogP contribution in [-0.2, 0) is 0 Å². The molecule has 178 valence electrons. The summed E-state index contributed by atoms with van der Waals surface area (Å²) < 4.78 is 11.2. The maximum absolute atomic E-state index is 5.89. The Morgan fingerprint density at radius 2 is 1.89 bits per heavy atom. The molecule has 2 atom stereocenters. The summed E-state index contributed by atoms with van der Waals surface area (Å²) in [5.41, 5.74) is 6.80. The Kier molecular flexibility index (Phi) is 5.00. The molecule has 0 radical (unpaired) electrons. The van der Waals surface area contributed by atoms with Crippen molar-refractivity contribution in [1.82, 2.24) is 10.3 Å². The fraction of sp³-hybridized carbons (Fsp3) is 0.286. The summed E-state index contributed by atoms with van der Waals surface area (Å²) in [5, 5.41) is 4.21. The van der Waals surface area contributed by atoms with E-state index < -0.39 is 0 Å². The SMILES string of the molecule is CC1=CC(C)(C)N(C)c2ccc([C@@H]3[C@@H](c4ccccn4)NC(=S)N3c3ccc4c(c3)OCO4)cc21. The van der Waals surface area contributed by atoms with Crippen molar-refractivity contribution in [1.29, 1.82) is 0 Å². The van der Waals surface area contributed by atoms with Crippen LogP contribution in [0.25, 0.3) is 5.57 Å². The van der Waals surface area contributed by atoms with Gasteiger partial charge in [0, 0.05) is 36.2 Å². The lowest BCUT2D eigenvalue weighted by Gasteiger charge is -2.41. The summed E-state index contributed by atoms with van der Waals surface area (Å²) in [6, 6.07) is 18.6. The molecule has 0 aliphatic carbocycles. The predicted molar refractivity (Wildman–Crippen MR) is 143 cm³/mol. The van der Waals surface area contributed by atoms with Crippen LogP contribution in [-0.4, -0.2) is 29.5 Å². The summed E-state index contributed by atoms with van der Waals surface area (Å²) in [6.07, 6.45) is 4.17. The minimum Gasteiger partial charge on any atom is -0.454 e. The average Bonchev–Trinajstić information content (AvgIpc) is 3.46. The van der Waals surface area contributed by atoms with Crippen LogP contribution >= 0.6 is 12.2 Å². The number of hydrogen-bond donors (Lipinski definition) is 1. The molecular weight excluding hydrogens is 456 g/mol. The van der Waals surface area contributed by atoms with Crippen LogP contribution in [0.4, 0.5) is 11.4 Å². The molecule has 7 heteroatoms. The highest BCUT2D eigenvalue weighted by molar-refractivity contribution is 7.80. The highest BCUT2D eigenvalue weighted by Gasteiger charge is 2.41. The lowest BCUT2D eigenvalue weighted by molar-refractivity contribution is 0.174. The lowest BCUT2D eigenvalue weighted by atomic mass is 9.86. The Hall–Kier alpha value is -3.58. The first-order valence-corrected chi connectivity index (χ1v) is 12.2. The maximum Gasteiger partial charge on any atom is 0.231 e. The van der Waals surface area contributed by atoms with Gasteiger partial charge in [-0.3, -0.25) is 4.98 Å². The van der Waals surface area contributed by atoms with E-state index in [1.807, 2.05) is 36.5 Å². The van der Waals surface area contributed by atoms with Gasteiger partial charge in [-0.1, -0.05) is 18.2 Å². The maximum atomic E-state index is 5.89. The first kappa shape index (κ1) is 21.9. The molecular formula is C28H28N4O2S. The third kappa shape index (κ3) is 3.53. The number of rotatable bonds is 3. The molecule has 3 aliphatic heterocycles. The van der Waals surface area contributed by atoms with Crippen molar-refractivity contribution >= 4 is 34.3 Å². The largest absolute Gasteiger partial charge is 0.454 e. The predicted octanol–water partition coefficient (Wildman–Crippen LogP) is 5.62. The number of ether oxygens (including phenoxy) is 2. The second-order valence-corrected chi connectivity index (χ2v) is 10.2. The van der Waals surface area contributed by atoms with Gasteiger partial charge >= 0.3 is 0 Å². The van der Waals surface area contributed by atoms with Crippen molar-refractivity contribution in [3.8, 4) is 11.5 Å². The van der Waals surface area contributed by atoms with Gasteiger partial charge in [0.1, 0.15) is 0 Å². The van der Waals surface area contributed by atoms with Crippen molar-refractivity contribution in [2.75, 3.05) is 23.6 Å². The highest BCUT2D eigenvalue weighted by atomic mass is 32.1. The van der Waals surface area contributed by atoms with E-state index in [2.05, 4.69) is 78.3 Å². The summed E-state index contributed by atoms with van der Waals surface area (Å²) in [4.78, 5) is 9.19. The van der Waals surface area contributed by atoms with E-state index >= 15 is 0 Å². The number of allylic oxidation sites excluding steroid dienone is 1. The molecule has 6 rings (SSSR count). The standard InChI is InChI=1S/C28H28N4O2S/c1-17-15-28(2,3)31(4)22-10-8-18(13-20(17)22)26-25(21-7-5-6-12-29-21)30-27(35)32(26)19-9-11-23-24(14-19)34-16-33-23/h5-15,25-26H,16H2,1-4H3,(H,30,35)/t25-,26-/m1/s1. The first-order chi connectivity index (χ1) is 16.8. The van der Waals surface area contributed by atoms with E-state index in [1.165, 1.54) is 22.4 Å². The van der Waals surface area contributed by atoms with Gasteiger partial charge in [-0.2, -0.15) is 0 Å². The Morgan fingerprint density at radius 1 is 1.06 bits per heavy atom. The number of anilines is 2. The number of fused-ring (bicyclic) bond motifs is 2. The zero-order valence-corrected chi connectivity index (χ0v) is 21.1. The Bertz CT molecular complexity index is 1350. The third-order valence-electron chi connectivity index (χ3n) is 7.31. The molecule has 0 unspecified atom stereocenters. The quantitative estimate of drug-likeness (QED) is 0.484. The number of nitrogens with one attached hydrogen (secondary N) is 1. The van der Waals surface area contributed by atoms with Gasteiger partial charge in [0.15, 0.2) is 16.6 Å². The van der Waals surface area contributed by atoms with Gasteiger partial charge in [-0.25, -0.2) is 0 Å². The monoisotopic (exact) mass is 484 g/mol. The number of likely N-dealkylation sites (N-methyl/N-ethyl adjacent to an activating group) is 1. The Balaban J connectivity index is 1.49. The van der Waals surface area contributed by atoms with Crippen LogP contribution in [0.3, 0.4) is 0 Å². The lowest BCUT2D eigenvalue weighted by Crippen LogP contribution is -2.42. The summed E-state index contributed by atoms with van der Waals surface area (Å²) in [6.45, 7) is 6.92. The van der Waals surface area contributed by atoms with Crippen molar-refractivity contribution in [3.63, 3.8) is 0 Å². The second kappa shape index (κ2) is 7.99. The topological polar surface area (TPSA) is 49.9 Å². The number of aromatic nitrogens is 1. The van der Waals surface area contributed by atoms with E-state index in [1.54, 1.807) is 0 Å². The van der Waals surface area contributed by atoms with Crippen molar-refractivity contribution in [2.24, 2.45) is 0 Å².